The molecule has 4 aliphatic rings. The largest absolute Gasteiger partial charge is 0.459 e. The van der Waals surface area contributed by atoms with Crippen molar-refractivity contribution in [3.63, 3.8) is 0 Å². The van der Waals surface area contributed by atoms with Gasteiger partial charge in [-0.3, -0.25) is 4.79 Å². The summed E-state index contributed by atoms with van der Waals surface area (Å²) in [5, 5.41) is 68.5. The zero-order valence-corrected chi connectivity index (χ0v) is 39.5. The minimum Gasteiger partial charge on any atom is -0.459 e. The van der Waals surface area contributed by atoms with Gasteiger partial charge in [-0.25, -0.2) is 5.14 Å². The van der Waals surface area contributed by atoms with E-state index in [0.29, 0.717) is 13.1 Å². The van der Waals surface area contributed by atoms with E-state index in [-0.39, 0.29) is 31.6 Å². The number of nitrogens with zero attached hydrogens (tertiary/aromatic N) is 2. The van der Waals surface area contributed by atoms with E-state index in [1.807, 2.05) is 13.8 Å². The number of cyclic esters (lactones) is 1. The summed E-state index contributed by atoms with van der Waals surface area (Å²) in [6.07, 6.45) is -6.80. The highest BCUT2D eigenvalue weighted by Crippen LogP contribution is 2.44. The van der Waals surface area contributed by atoms with Crippen molar-refractivity contribution in [2.75, 3.05) is 40.3 Å². The molecule has 0 aromatic heterocycles. The maximum atomic E-state index is 14.4. The Balaban J connectivity index is 1.81. The maximum absolute atomic E-state index is 14.4. The maximum Gasteiger partial charge on any atom is 0.311 e. The number of nitrogens with two attached hydrogens (primary N) is 1. The summed E-state index contributed by atoms with van der Waals surface area (Å²) in [6.45, 7) is 19.2. The van der Waals surface area contributed by atoms with Gasteiger partial charge < -0.3 is 64.2 Å². The molecule has 18 nitrogen and oxygen atoms in total. The predicted molar refractivity (Wildman–Crippen MR) is 226 cm³/mol. The summed E-state index contributed by atoms with van der Waals surface area (Å²) < 4.78 is 64.1. The molecule has 10 unspecified atom stereocenters. The molecule has 19 heteroatoms. The van der Waals surface area contributed by atoms with Crippen molar-refractivity contribution in [1.82, 2.24) is 14.5 Å². The summed E-state index contributed by atoms with van der Waals surface area (Å²) in [5.74, 6) is -3.08. The van der Waals surface area contributed by atoms with Crippen molar-refractivity contribution in [1.29, 1.82) is 0 Å². The standard InChI is InChI=1S/C42H80N4O14S/c1-13-31-41(10,51)35(48)28(6)44-22-24(2)20-39(8,50)36(60-38-33(47)30(19-25(3)56-38)45(11)61(43,53)54)26(4)34(27(5)37(49)58-31)59-32-21-40(9,55-12)42(52,29(7)57-32)23-46-17-15-14-16-18-46/h24-36,38,44,47-48,50-52H,13-23H2,1-12H3,(H2,43,53,54)/t24?,25-,26?,27?,28?,29+,30+,31?,32+,33-,34?,35?,36?,38+,39?,40-,41?,42+/m1/s1. The first-order chi connectivity index (χ1) is 28.1. The third-order valence-electron chi connectivity index (χ3n) is 14.3. The van der Waals surface area contributed by atoms with Gasteiger partial charge in [0.25, 0.3) is 10.2 Å². The number of rotatable bonds is 10. The molecule has 4 fully saturated rings. The van der Waals surface area contributed by atoms with Crippen LogP contribution in [-0.4, -0.2) is 179 Å². The molecule has 4 heterocycles. The van der Waals surface area contributed by atoms with E-state index in [4.69, 9.17) is 33.6 Å². The molecule has 61 heavy (non-hydrogen) atoms. The van der Waals surface area contributed by atoms with Crippen molar-refractivity contribution >= 4 is 16.2 Å². The van der Waals surface area contributed by atoms with Crippen molar-refractivity contribution < 1.29 is 67.2 Å². The van der Waals surface area contributed by atoms with Gasteiger partial charge in [-0.2, -0.15) is 12.7 Å². The van der Waals surface area contributed by atoms with Gasteiger partial charge in [-0.15, -0.1) is 0 Å². The Morgan fingerprint density at radius 2 is 1.59 bits per heavy atom. The van der Waals surface area contributed by atoms with Gasteiger partial charge in [-0.05, 0) is 106 Å². The molecular weight excluding hydrogens is 817 g/mol. The van der Waals surface area contributed by atoms with Gasteiger partial charge in [0.2, 0.25) is 0 Å². The summed E-state index contributed by atoms with van der Waals surface area (Å²) in [6, 6.07) is -1.69. The van der Waals surface area contributed by atoms with Crippen LogP contribution >= 0.6 is 0 Å². The molecule has 0 amide bonds. The molecule has 0 aromatic carbocycles. The number of aliphatic hydroxyl groups is 5. The van der Waals surface area contributed by atoms with E-state index in [9.17, 15) is 38.7 Å². The average molecular weight is 897 g/mol. The Bertz CT molecular complexity index is 1540. The third kappa shape index (κ3) is 11.8. The predicted octanol–water partition coefficient (Wildman–Crippen LogP) is 0.988. The van der Waals surface area contributed by atoms with Gasteiger partial charge in [-0.1, -0.05) is 27.2 Å². The average Bonchev–Trinajstić information content (AvgIpc) is 3.18. The van der Waals surface area contributed by atoms with Crippen LogP contribution in [0.15, 0.2) is 0 Å². The SMILES string of the molecule is CCC1OC(=O)C(C)C(O[C@H]2C[C@@](C)(OC)[C@](O)(CN3CCCCC3)[C@H](C)O2)C(C)C(O[C@@H]2O[C@H](C)C[C@H](N(C)S(N)(=O)=O)[C@H]2O)C(C)(O)CC(C)CNC(C)C(O)C1(C)O. The van der Waals surface area contributed by atoms with Gasteiger partial charge in [0.05, 0.1) is 42.0 Å². The van der Waals surface area contributed by atoms with E-state index < -0.39 is 118 Å². The minimum atomic E-state index is -4.23. The van der Waals surface area contributed by atoms with Crippen LogP contribution in [0.1, 0.15) is 114 Å². The first-order valence-corrected chi connectivity index (χ1v) is 23.8. The number of β-amino-alcohol motifs (C(OH)–C–C–N with tert-alkyl or cyclic N) is 1. The Morgan fingerprint density at radius 3 is 2.16 bits per heavy atom. The Kier molecular flexibility index (Phi) is 17.7. The lowest BCUT2D eigenvalue weighted by Gasteiger charge is -2.55. The smallest absolute Gasteiger partial charge is 0.311 e. The van der Waals surface area contributed by atoms with Gasteiger partial charge in [0.1, 0.15) is 35.1 Å². The molecule has 18 atom stereocenters. The van der Waals surface area contributed by atoms with Crippen LogP contribution in [0.3, 0.4) is 0 Å². The van der Waals surface area contributed by atoms with Crippen LogP contribution in [0.25, 0.3) is 0 Å². The lowest BCUT2D eigenvalue weighted by molar-refractivity contribution is -0.339. The molecule has 4 saturated heterocycles. The van der Waals surface area contributed by atoms with Gasteiger partial charge >= 0.3 is 5.97 Å². The van der Waals surface area contributed by atoms with Crippen molar-refractivity contribution in [3.05, 3.63) is 0 Å². The van der Waals surface area contributed by atoms with E-state index >= 15 is 0 Å². The van der Waals surface area contributed by atoms with Crippen molar-refractivity contribution in [2.45, 2.75) is 204 Å². The number of esters is 1. The monoisotopic (exact) mass is 897 g/mol. The zero-order chi connectivity index (χ0) is 46.0. The zero-order valence-electron chi connectivity index (χ0n) is 38.7. The second-order valence-electron chi connectivity index (χ2n) is 19.5. The molecule has 0 bridgehead atoms. The lowest BCUT2D eigenvalue weighted by Crippen LogP contribution is -2.70. The first-order valence-electron chi connectivity index (χ1n) is 22.3. The summed E-state index contributed by atoms with van der Waals surface area (Å²) in [4.78, 5) is 16.6. The van der Waals surface area contributed by atoms with Gasteiger partial charge in [0.15, 0.2) is 12.6 Å². The first kappa shape index (κ1) is 52.5. The van der Waals surface area contributed by atoms with Crippen LogP contribution < -0.4 is 10.5 Å². The molecule has 8 N–H and O–H groups in total. The Morgan fingerprint density at radius 1 is 0.967 bits per heavy atom. The fourth-order valence-electron chi connectivity index (χ4n) is 10.2. The van der Waals surface area contributed by atoms with Crippen LogP contribution in [0, 0.1) is 17.8 Å². The number of likely N-dealkylation sites (tertiary alicyclic amines) is 1. The fraction of sp³-hybridized carbons (Fsp3) is 0.976. The Hall–Kier alpha value is -1.14. The molecule has 358 valence electrons. The quantitative estimate of drug-likeness (QED) is 0.151. The number of hydrogen-bond acceptors (Lipinski definition) is 16. The van der Waals surface area contributed by atoms with Crippen LogP contribution in [0.2, 0.25) is 0 Å². The highest BCUT2D eigenvalue weighted by Gasteiger charge is 2.59. The number of carbonyl (C=O) groups excluding carboxylic acids is 1. The van der Waals surface area contributed by atoms with Crippen LogP contribution in [0.4, 0.5) is 0 Å². The number of nitrogens with one attached hydrogen (secondary N) is 1. The molecule has 0 spiro atoms. The number of ether oxygens (including phenoxy) is 6. The molecule has 0 saturated carbocycles. The molecule has 0 aliphatic carbocycles. The topological polar surface area (TPSA) is 252 Å². The number of carbonyl (C=O) groups is 1. The normalized spacial score (nSPS) is 47.0. The molecule has 4 rings (SSSR count). The van der Waals surface area contributed by atoms with E-state index in [0.717, 1.165) is 36.7 Å². The van der Waals surface area contributed by atoms with Crippen LogP contribution in [0.5, 0.6) is 0 Å². The fourth-order valence-corrected chi connectivity index (χ4v) is 10.8. The summed E-state index contributed by atoms with van der Waals surface area (Å²) in [5.41, 5.74) is -6.22. The van der Waals surface area contributed by atoms with Crippen molar-refractivity contribution in [3.8, 4) is 0 Å². The highest BCUT2D eigenvalue weighted by atomic mass is 32.2. The number of hydrogen-bond donors (Lipinski definition) is 7. The van der Waals surface area contributed by atoms with Crippen LogP contribution in [-0.2, 0) is 43.4 Å². The summed E-state index contributed by atoms with van der Waals surface area (Å²) >= 11 is 0. The number of piperidine rings is 1. The van der Waals surface area contributed by atoms with Gasteiger partial charge in [0, 0.05) is 39.1 Å². The third-order valence-corrected chi connectivity index (χ3v) is 15.4. The lowest BCUT2D eigenvalue weighted by atomic mass is 9.74. The molecule has 0 aromatic rings. The van der Waals surface area contributed by atoms with E-state index in [1.165, 1.54) is 21.1 Å². The number of likely N-dealkylation sites (N-methyl/N-ethyl adjacent to an activating group) is 1. The van der Waals surface area contributed by atoms with Crippen molar-refractivity contribution in [2.24, 2.45) is 22.9 Å². The number of methoxy groups -OCH3 is 1. The minimum absolute atomic E-state index is 0.0493. The van der Waals surface area contributed by atoms with E-state index in [2.05, 4.69) is 10.2 Å². The second kappa shape index (κ2) is 20.6. The molecule has 0 radical (unpaired) electrons. The van der Waals surface area contributed by atoms with E-state index in [1.54, 1.807) is 48.5 Å². The molecule has 4 aliphatic heterocycles. The Labute approximate surface area is 364 Å². The highest BCUT2D eigenvalue weighted by molar-refractivity contribution is 7.86. The second-order valence-corrected chi connectivity index (χ2v) is 21.1. The number of aliphatic hydroxyl groups excluding tert-OH is 2. The molecular formula is C42H80N4O14S. The summed E-state index contributed by atoms with van der Waals surface area (Å²) in [7, 11) is -1.44.